The molecule has 0 radical (unpaired) electrons. The fourth-order valence-electron chi connectivity index (χ4n) is 3.19. The third kappa shape index (κ3) is 5.27. The van der Waals surface area contributed by atoms with Gasteiger partial charge in [0.2, 0.25) is 5.91 Å². The second-order valence-corrected chi connectivity index (χ2v) is 6.66. The van der Waals surface area contributed by atoms with Crippen molar-refractivity contribution in [3.05, 3.63) is 48.0 Å². The number of alkyl halides is 3. The summed E-state index contributed by atoms with van der Waals surface area (Å²) in [5, 5.41) is 5.33. The molecule has 2 N–H and O–H groups in total. The molecule has 0 aromatic carbocycles. The number of likely N-dealkylation sites (tertiary alicyclic amines) is 1. The van der Waals surface area contributed by atoms with Gasteiger partial charge in [-0.05, 0) is 37.1 Å². The normalized spacial score (nSPS) is 15.2. The van der Waals surface area contributed by atoms with Crippen LogP contribution in [0.15, 0.2) is 41.1 Å². The van der Waals surface area contributed by atoms with Crippen molar-refractivity contribution in [1.82, 2.24) is 15.2 Å². The number of hydrogen-bond acceptors (Lipinski definition) is 5. The van der Waals surface area contributed by atoms with E-state index in [0.29, 0.717) is 25.9 Å². The van der Waals surface area contributed by atoms with E-state index in [1.54, 1.807) is 17.0 Å². The van der Waals surface area contributed by atoms with Crippen molar-refractivity contribution >= 4 is 17.6 Å². The minimum atomic E-state index is -4.50. The third-order valence-corrected chi connectivity index (χ3v) is 4.71. The summed E-state index contributed by atoms with van der Waals surface area (Å²) < 4.78 is 43.9. The standard InChI is InChI=1S/C19H21F3N4O3/c20-19(21,22)14-3-1-7-23-16(14)24-8-9-25-17(27)13-5-10-26(11-6-13)18(28)15-4-2-12-29-15/h1-4,7,12-13H,5-6,8-11H2,(H,23,24)(H,25,27). The highest BCUT2D eigenvalue weighted by Crippen LogP contribution is 2.33. The van der Waals surface area contributed by atoms with Crippen molar-refractivity contribution < 1.29 is 27.2 Å². The van der Waals surface area contributed by atoms with Crippen molar-refractivity contribution in [3.8, 4) is 0 Å². The minimum absolute atomic E-state index is 0.113. The molecule has 1 fully saturated rings. The van der Waals surface area contributed by atoms with Gasteiger partial charge < -0.3 is 20.0 Å². The first kappa shape index (κ1) is 20.7. The minimum Gasteiger partial charge on any atom is -0.459 e. The smallest absolute Gasteiger partial charge is 0.419 e. The molecular weight excluding hydrogens is 389 g/mol. The molecule has 1 aliphatic rings. The maximum atomic E-state index is 12.9. The van der Waals surface area contributed by atoms with Crippen molar-refractivity contribution in [3.63, 3.8) is 0 Å². The van der Waals surface area contributed by atoms with E-state index in [1.807, 2.05) is 0 Å². The number of nitrogens with zero attached hydrogens (tertiary/aromatic N) is 2. The molecule has 2 aromatic heterocycles. The number of carbonyl (C=O) groups excluding carboxylic acids is 2. The molecule has 29 heavy (non-hydrogen) atoms. The van der Waals surface area contributed by atoms with E-state index in [1.165, 1.54) is 18.5 Å². The summed E-state index contributed by atoms with van der Waals surface area (Å²) in [5.41, 5.74) is -0.847. The van der Waals surface area contributed by atoms with Gasteiger partial charge in [-0.1, -0.05) is 0 Å². The maximum Gasteiger partial charge on any atom is 0.419 e. The molecule has 2 amide bonds. The Morgan fingerprint density at radius 1 is 1.17 bits per heavy atom. The quantitative estimate of drug-likeness (QED) is 0.715. The van der Waals surface area contributed by atoms with Crippen LogP contribution in [0, 0.1) is 5.92 Å². The van der Waals surface area contributed by atoms with Gasteiger partial charge in [-0.15, -0.1) is 0 Å². The topological polar surface area (TPSA) is 87.5 Å². The van der Waals surface area contributed by atoms with Gasteiger partial charge >= 0.3 is 6.18 Å². The van der Waals surface area contributed by atoms with Crippen LogP contribution in [0.3, 0.4) is 0 Å². The predicted octanol–water partition coefficient (Wildman–Crippen LogP) is 2.77. The Kier molecular flexibility index (Phi) is 6.40. The van der Waals surface area contributed by atoms with E-state index in [-0.39, 0.29) is 42.4 Å². The van der Waals surface area contributed by atoms with E-state index in [4.69, 9.17) is 4.42 Å². The Balaban J connectivity index is 1.41. The molecule has 10 heteroatoms. The van der Waals surface area contributed by atoms with Crippen LogP contribution >= 0.6 is 0 Å². The Morgan fingerprint density at radius 3 is 2.59 bits per heavy atom. The molecule has 3 rings (SSSR count). The SMILES string of the molecule is O=C(NCCNc1ncccc1C(F)(F)F)C1CCN(C(=O)c2ccco2)CC1. The number of rotatable bonds is 6. The first-order chi connectivity index (χ1) is 13.9. The summed E-state index contributed by atoms with van der Waals surface area (Å²) in [4.78, 5) is 29.9. The number of aromatic nitrogens is 1. The lowest BCUT2D eigenvalue weighted by molar-refractivity contribution is -0.137. The number of nitrogens with one attached hydrogen (secondary N) is 2. The van der Waals surface area contributed by atoms with Gasteiger partial charge in [0.05, 0.1) is 11.8 Å². The summed E-state index contributed by atoms with van der Waals surface area (Å²) in [6, 6.07) is 5.41. The second-order valence-electron chi connectivity index (χ2n) is 6.66. The highest BCUT2D eigenvalue weighted by Gasteiger charge is 2.34. The fourth-order valence-corrected chi connectivity index (χ4v) is 3.19. The Bertz CT molecular complexity index is 831. The number of anilines is 1. The molecule has 2 aromatic rings. The molecule has 0 aliphatic carbocycles. The van der Waals surface area contributed by atoms with Crippen molar-refractivity contribution in [2.75, 3.05) is 31.5 Å². The predicted molar refractivity (Wildman–Crippen MR) is 98.1 cm³/mol. The van der Waals surface area contributed by atoms with Gasteiger partial charge in [0.15, 0.2) is 5.76 Å². The Hall–Kier alpha value is -3.04. The Labute approximate surface area is 165 Å². The van der Waals surface area contributed by atoms with E-state index in [2.05, 4.69) is 15.6 Å². The lowest BCUT2D eigenvalue weighted by atomic mass is 9.95. The summed E-state index contributed by atoms with van der Waals surface area (Å²) in [7, 11) is 0. The van der Waals surface area contributed by atoms with Gasteiger partial charge in [-0.3, -0.25) is 9.59 Å². The zero-order valence-corrected chi connectivity index (χ0v) is 15.5. The van der Waals surface area contributed by atoms with Crippen LogP contribution in [0.5, 0.6) is 0 Å². The number of furan rings is 1. The van der Waals surface area contributed by atoms with Crippen LogP contribution in [-0.4, -0.2) is 47.9 Å². The van der Waals surface area contributed by atoms with Crippen molar-refractivity contribution in [2.24, 2.45) is 5.92 Å². The fraction of sp³-hybridized carbons (Fsp3) is 0.421. The third-order valence-electron chi connectivity index (χ3n) is 4.71. The van der Waals surface area contributed by atoms with Crippen LogP contribution in [0.4, 0.5) is 19.0 Å². The highest BCUT2D eigenvalue weighted by molar-refractivity contribution is 5.91. The first-order valence-corrected chi connectivity index (χ1v) is 9.23. The first-order valence-electron chi connectivity index (χ1n) is 9.23. The Morgan fingerprint density at radius 2 is 1.93 bits per heavy atom. The monoisotopic (exact) mass is 410 g/mol. The van der Waals surface area contributed by atoms with Crippen LogP contribution in [0.1, 0.15) is 29.0 Å². The van der Waals surface area contributed by atoms with E-state index >= 15 is 0 Å². The molecule has 1 aliphatic heterocycles. The molecule has 3 heterocycles. The maximum absolute atomic E-state index is 12.9. The van der Waals surface area contributed by atoms with Gasteiger partial charge in [0.1, 0.15) is 5.82 Å². The van der Waals surface area contributed by atoms with Gasteiger partial charge in [0.25, 0.3) is 5.91 Å². The zero-order valence-electron chi connectivity index (χ0n) is 15.5. The van der Waals surface area contributed by atoms with Crippen molar-refractivity contribution in [2.45, 2.75) is 19.0 Å². The van der Waals surface area contributed by atoms with E-state index in [9.17, 15) is 22.8 Å². The average molecular weight is 410 g/mol. The largest absolute Gasteiger partial charge is 0.459 e. The summed E-state index contributed by atoms with van der Waals surface area (Å²) in [6.45, 7) is 1.16. The van der Waals surface area contributed by atoms with Crippen LogP contribution in [-0.2, 0) is 11.0 Å². The van der Waals surface area contributed by atoms with E-state index in [0.717, 1.165) is 6.07 Å². The van der Waals surface area contributed by atoms with E-state index < -0.39 is 11.7 Å². The number of piperidine rings is 1. The molecule has 0 spiro atoms. The lowest BCUT2D eigenvalue weighted by Crippen LogP contribution is -2.43. The second kappa shape index (κ2) is 8.97. The zero-order chi connectivity index (χ0) is 20.9. The number of halogens is 3. The number of pyridine rings is 1. The van der Waals surface area contributed by atoms with Crippen molar-refractivity contribution in [1.29, 1.82) is 0 Å². The molecule has 0 atom stereocenters. The van der Waals surface area contributed by atoms with Crippen LogP contribution in [0.2, 0.25) is 0 Å². The molecule has 0 bridgehead atoms. The van der Waals surface area contributed by atoms with Crippen LogP contribution in [0.25, 0.3) is 0 Å². The molecule has 1 saturated heterocycles. The van der Waals surface area contributed by atoms with Gasteiger partial charge in [-0.2, -0.15) is 13.2 Å². The summed E-state index contributed by atoms with van der Waals surface area (Å²) in [6.07, 6.45) is -0.757. The molecular formula is C19H21F3N4O3. The number of amides is 2. The molecule has 7 nitrogen and oxygen atoms in total. The highest BCUT2D eigenvalue weighted by atomic mass is 19.4. The number of hydrogen-bond donors (Lipinski definition) is 2. The molecule has 0 unspecified atom stereocenters. The molecule has 156 valence electrons. The summed E-state index contributed by atoms with van der Waals surface area (Å²) in [5.74, 6) is -0.607. The molecule has 0 saturated carbocycles. The van der Waals surface area contributed by atoms with Crippen LogP contribution < -0.4 is 10.6 Å². The average Bonchev–Trinajstić information content (AvgIpc) is 3.25. The van der Waals surface area contributed by atoms with Gasteiger partial charge in [0, 0.05) is 38.3 Å². The summed E-state index contributed by atoms with van der Waals surface area (Å²) >= 11 is 0. The lowest BCUT2D eigenvalue weighted by Gasteiger charge is -2.30. The number of carbonyl (C=O) groups is 2. The van der Waals surface area contributed by atoms with Gasteiger partial charge in [-0.25, -0.2) is 4.98 Å².